The summed E-state index contributed by atoms with van der Waals surface area (Å²) in [6, 6.07) is 0. The molecular weight excluding hydrogens is 129 g/mol. The normalized spacial score (nSPS) is 33.2. The molecule has 0 amide bonds. The van der Waals surface area contributed by atoms with Crippen molar-refractivity contribution in [3.05, 3.63) is 23.6 Å². The molecule has 0 fully saturated rings. The van der Waals surface area contributed by atoms with Gasteiger partial charge in [-0.05, 0) is 31.9 Å². The molecule has 0 saturated heterocycles. The van der Waals surface area contributed by atoms with Gasteiger partial charge in [-0.15, -0.1) is 0 Å². The van der Waals surface area contributed by atoms with E-state index in [4.69, 9.17) is 5.73 Å². The minimum atomic E-state index is -0.348. The Hall–Kier alpha value is -0.630. The van der Waals surface area contributed by atoms with Crippen LogP contribution in [0.4, 0.5) is 4.39 Å². The van der Waals surface area contributed by atoms with Crippen molar-refractivity contribution in [2.75, 3.05) is 0 Å². The molecule has 1 rings (SSSR count). The summed E-state index contributed by atoms with van der Waals surface area (Å²) in [4.78, 5) is 0. The van der Waals surface area contributed by atoms with Crippen molar-refractivity contribution < 1.29 is 4.39 Å². The van der Waals surface area contributed by atoms with E-state index >= 15 is 0 Å². The second-order valence-electron chi connectivity index (χ2n) is 3.14. The molecule has 0 aromatic rings. The molecule has 0 saturated carbocycles. The predicted molar refractivity (Wildman–Crippen MR) is 40.2 cm³/mol. The fourth-order valence-electron chi connectivity index (χ4n) is 1.12. The number of hydrogen-bond acceptors (Lipinski definition) is 1. The van der Waals surface area contributed by atoms with Crippen LogP contribution < -0.4 is 5.73 Å². The van der Waals surface area contributed by atoms with Gasteiger partial charge in [-0.25, -0.2) is 4.39 Å². The number of hydrogen-bond donors (Lipinski definition) is 1. The Morgan fingerprint density at radius 1 is 1.70 bits per heavy atom. The van der Waals surface area contributed by atoms with E-state index in [-0.39, 0.29) is 11.4 Å². The highest BCUT2D eigenvalue weighted by Crippen LogP contribution is 2.24. The molecular formula is C8H12FN. The van der Waals surface area contributed by atoms with Gasteiger partial charge in [-0.1, -0.05) is 6.08 Å². The van der Waals surface area contributed by atoms with E-state index in [0.717, 1.165) is 5.57 Å². The Kier molecular flexibility index (Phi) is 1.65. The van der Waals surface area contributed by atoms with Crippen LogP contribution in [0.3, 0.4) is 0 Å². The molecule has 1 aliphatic carbocycles. The van der Waals surface area contributed by atoms with Crippen LogP contribution in [0.2, 0.25) is 0 Å². The zero-order valence-corrected chi connectivity index (χ0v) is 6.32. The van der Waals surface area contributed by atoms with Crippen molar-refractivity contribution in [3.63, 3.8) is 0 Å². The van der Waals surface area contributed by atoms with Gasteiger partial charge < -0.3 is 5.73 Å². The molecule has 0 aliphatic heterocycles. The lowest BCUT2D eigenvalue weighted by Crippen LogP contribution is -2.35. The summed E-state index contributed by atoms with van der Waals surface area (Å²) in [5.74, 6) is -0.136. The molecule has 2 heteroatoms. The first-order chi connectivity index (χ1) is 4.51. The second kappa shape index (κ2) is 2.20. The lowest BCUT2D eigenvalue weighted by molar-refractivity contribution is 0.535. The van der Waals surface area contributed by atoms with Crippen LogP contribution in [0.15, 0.2) is 23.6 Å². The monoisotopic (exact) mass is 141 g/mol. The number of halogens is 1. The Morgan fingerprint density at radius 3 is 2.70 bits per heavy atom. The van der Waals surface area contributed by atoms with Crippen molar-refractivity contribution >= 4 is 0 Å². The summed E-state index contributed by atoms with van der Waals surface area (Å²) in [6.45, 7) is 3.66. The van der Waals surface area contributed by atoms with E-state index in [1.165, 1.54) is 6.08 Å². The van der Waals surface area contributed by atoms with E-state index in [1.54, 1.807) is 13.0 Å². The molecule has 0 radical (unpaired) electrons. The maximum Gasteiger partial charge on any atom is 0.121 e. The third-order valence-electron chi connectivity index (χ3n) is 1.66. The van der Waals surface area contributed by atoms with Gasteiger partial charge in [0.2, 0.25) is 0 Å². The van der Waals surface area contributed by atoms with Crippen LogP contribution in [0.1, 0.15) is 20.3 Å². The third-order valence-corrected chi connectivity index (χ3v) is 1.66. The summed E-state index contributed by atoms with van der Waals surface area (Å²) in [6.07, 6.45) is 3.77. The first kappa shape index (κ1) is 7.48. The number of rotatable bonds is 0. The molecule has 0 aromatic heterocycles. The molecule has 1 aliphatic rings. The molecule has 2 N–H and O–H groups in total. The summed E-state index contributed by atoms with van der Waals surface area (Å²) in [5.41, 5.74) is 6.14. The summed E-state index contributed by atoms with van der Waals surface area (Å²) < 4.78 is 12.7. The Morgan fingerprint density at radius 2 is 2.30 bits per heavy atom. The topological polar surface area (TPSA) is 26.0 Å². The maximum absolute atomic E-state index is 12.7. The molecule has 1 nitrogen and oxygen atoms in total. The highest BCUT2D eigenvalue weighted by Gasteiger charge is 2.20. The lowest BCUT2D eigenvalue weighted by atomic mass is 9.90. The summed E-state index contributed by atoms with van der Waals surface area (Å²) >= 11 is 0. The molecule has 0 aromatic carbocycles. The maximum atomic E-state index is 12.7. The van der Waals surface area contributed by atoms with Gasteiger partial charge in [0.15, 0.2) is 0 Å². The lowest BCUT2D eigenvalue weighted by Gasteiger charge is -2.23. The molecule has 56 valence electrons. The first-order valence-electron chi connectivity index (χ1n) is 3.35. The van der Waals surface area contributed by atoms with Gasteiger partial charge in [0.1, 0.15) is 5.83 Å². The van der Waals surface area contributed by atoms with Gasteiger partial charge in [-0.3, -0.25) is 0 Å². The zero-order valence-electron chi connectivity index (χ0n) is 6.32. The van der Waals surface area contributed by atoms with E-state index in [9.17, 15) is 4.39 Å². The van der Waals surface area contributed by atoms with Gasteiger partial charge in [0.25, 0.3) is 0 Å². The van der Waals surface area contributed by atoms with Crippen LogP contribution in [0.25, 0.3) is 0 Å². The van der Waals surface area contributed by atoms with Crippen molar-refractivity contribution in [3.8, 4) is 0 Å². The minimum Gasteiger partial charge on any atom is -0.322 e. The fraction of sp³-hybridized carbons (Fsp3) is 0.500. The second-order valence-corrected chi connectivity index (χ2v) is 3.14. The molecule has 1 atom stereocenters. The van der Waals surface area contributed by atoms with Crippen molar-refractivity contribution in [1.82, 2.24) is 0 Å². The van der Waals surface area contributed by atoms with E-state index < -0.39 is 0 Å². The molecule has 1 unspecified atom stereocenters. The smallest absolute Gasteiger partial charge is 0.121 e. The van der Waals surface area contributed by atoms with Crippen LogP contribution in [0.5, 0.6) is 0 Å². The van der Waals surface area contributed by atoms with E-state index in [2.05, 4.69) is 0 Å². The van der Waals surface area contributed by atoms with Gasteiger partial charge >= 0.3 is 0 Å². The van der Waals surface area contributed by atoms with Gasteiger partial charge in [0, 0.05) is 5.54 Å². The Balaban J connectivity index is 2.85. The standard InChI is InChI=1S/C8H12FN/c1-6-5-8(2,10)4-3-7(6)9/h3-4H,5,10H2,1-2H3. The number of nitrogens with two attached hydrogens (primary N) is 1. The molecule has 0 spiro atoms. The SMILES string of the molecule is CC1=C(F)C=CC(C)(N)C1. The van der Waals surface area contributed by atoms with Crippen LogP contribution >= 0.6 is 0 Å². The van der Waals surface area contributed by atoms with Crippen molar-refractivity contribution in [2.24, 2.45) is 5.73 Å². The average molecular weight is 141 g/mol. The van der Waals surface area contributed by atoms with E-state index in [0.29, 0.717) is 6.42 Å². The van der Waals surface area contributed by atoms with Crippen LogP contribution in [0, 0.1) is 0 Å². The van der Waals surface area contributed by atoms with Crippen molar-refractivity contribution in [2.45, 2.75) is 25.8 Å². The largest absolute Gasteiger partial charge is 0.322 e. The first-order valence-corrected chi connectivity index (χ1v) is 3.35. The Bertz CT molecular complexity index is 201. The average Bonchev–Trinajstić information content (AvgIpc) is 1.79. The predicted octanol–water partition coefficient (Wildman–Crippen LogP) is 1.91. The van der Waals surface area contributed by atoms with E-state index in [1.807, 2.05) is 6.92 Å². The minimum absolute atomic E-state index is 0.136. The quantitative estimate of drug-likeness (QED) is 0.548. The van der Waals surface area contributed by atoms with Gasteiger partial charge in [-0.2, -0.15) is 0 Å². The molecule has 0 bridgehead atoms. The highest BCUT2D eigenvalue weighted by molar-refractivity contribution is 5.28. The number of allylic oxidation sites excluding steroid dienone is 2. The molecule has 0 heterocycles. The Labute approximate surface area is 60.4 Å². The van der Waals surface area contributed by atoms with Crippen LogP contribution in [-0.2, 0) is 0 Å². The zero-order chi connectivity index (χ0) is 7.78. The summed E-state index contributed by atoms with van der Waals surface area (Å²) in [5, 5.41) is 0. The van der Waals surface area contributed by atoms with Gasteiger partial charge in [0.05, 0.1) is 0 Å². The fourth-order valence-corrected chi connectivity index (χ4v) is 1.12. The van der Waals surface area contributed by atoms with Crippen LogP contribution in [-0.4, -0.2) is 5.54 Å². The third kappa shape index (κ3) is 1.45. The summed E-state index contributed by atoms with van der Waals surface area (Å²) in [7, 11) is 0. The molecule has 10 heavy (non-hydrogen) atoms. The highest BCUT2D eigenvalue weighted by atomic mass is 19.1. The van der Waals surface area contributed by atoms with Crippen molar-refractivity contribution in [1.29, 1.82) is 0 Å².